The lowest BCUT2D eigenvalue weighted by atomic mass is 10.0. The predicted molar refractivity (Wildman–Crippen MR) is 83.4 cm³/mol. The maximum absolute atomic E-state index is 11.8. The van der Waals surface area contributed by atoms with E-state index in [4.69, 9.17) is 5.73 Å². The molecule has 0 aliphatic carbocycles. The zero-order valence-corrected chi connectivity index (χ0v) is 13.2. The second-order valence-electron chi connectivity index (χ2n) is 4.79. The van der Waals surface area contributed by atoms with Crippen molar-refractivity contribution in [3.05, 3.63) is 24.3 Å². The highest BCUT2D eigenvalue weighted by molar-refractivity contribution is 7.89. The topological polar surface area (TPSA) is 101 Å². The number of amides is 1. The second kappa shape index (κ2) is 8.11. The molecule has 1 unspecified atom stereocenters. The summed E-state index contributed by atoms with van der Waals surface area (Å²) in [5, 5.41) is 2.74. The maximum atomic E-state index is 11.8. The lowest BCUT2D eigenvalue weighted by Crippen LogP contribution is -2.23. The molecule has 0 spiro atoms. The van der Waals surface area contributed by atoms with Gasteiger partial charge in [-0.25, -0.2) is 13.1 Å². The number of rotatable bonds is 8. The number of nitrogens with two attached hydrogens (primary N) is 1. The second-order valence-corrected chi connectivity index (χ2v) is 6.55. The van der Waals surface area contributed by atoms with Gasteiger partial charge in [0.1, 0.15) is 0 Å². The molecule has 0 heterocycles. The van der Waals surface area contributed by atoms with Crippen LogP contribution in [-0.2, 0) is 14.8 Å². The number of hydrogen-bond acceptors (Lipinski definition) is 4. The van der Waals surface area contributed by atoms with Gasteiger partial charge in [-0.15, -0.1) is 0 Å². The molecule has 1 aromatic carbocycles. The van der Waals surface area contributed by atoms with Crippen molar-refractivity contribution in [3.63, 3.8) is 0 Å². The standard InChI is InChI=1S/C14H23N3O3S/c1-3-11(10-15)9-14(18)17-12-5-7-13(8-6-12)21(19,20)16-4-2/h5-8,11,16H,3-4,9-10,15H2,1-2H3,(H,17,18). The van der Waals surface area contributed by atoms with Crippen LogP contribution in [0, 0.1) is 5.92 Å². The van der Waals surface area contributed by atoms with Gasteiger partial charge in [0, 0.05) is 18.7 Å². The summed E-state index contributed by atoms with van der Waals surface area (Å²) in [5.41, 5.74) is 6.14. The molecule has 1 aromatic rings. The minimum absolute atomic E-state index is 0.116. The van der Waals surface area contributed by atoms with E-state index >= 15 is 0 Å². The first-order valence-electron chi connectivity index (χ1n) is 7.02. The number of carbonyl (C=O) groups is 1. The minimum Gasteiger partial charge on any atom is -0.330 e. The molecule has 7 heteroatoms. The molecule has 1 atom stereocenters. The Morgan fingerprint density at radius 3 is 2.33 bits per heavy atom. The van der Waals surface area contributed by atoms with Crippen LogP contribution in [0.15, 0.2) is 29.2 Å². The molecule has 0 saturated carbocycles. The minimum atomic E-state index is -3.46. The normalized spacial score (nSPS) is 12.9. The van der Waals surface area contributed by atoms with Crippen LogP contribution in [0.5, 0.6) is 0 Å². The summed E-state index contributed by atoms with van der Waals surface area (Å²) in [6.07, 6.45) is 1.22. The Balaban J connectivity index is 2.69. The third kappa shape index (κ3) is 5.45. The van der Waals surface area contributed by atoms with Crippen molar-refractivity contribution < 1.29 is 13.2 Å². The van der Waals surface area contributed by atoms with Gasteiger partial charge in [0.15, 0.2) is 0 Å². The quantitative estimate of drug-likeness (QED) is 0.673. The van der Waals surface area contributed by atoms with Crippen molar-refractivity contribution in [1.29, 1.82) is 0 Å². The molecule has 0 aliphatic rings. The van der Waals surface area contributed by atoms with E-state index in [1.807, 2.05) is 6.92 Å². The Morgan fingerprint density at radius 1 is 1.24 bits per heavy atom. The van der Waals surface area contributed by atoms with Crippen LogP contribution in [-0.4, -0.2) is 27.4 Å². The summed E-state index contributed by atoms with van der Waals surface area (Å²) in [5.74, 6) is 0.0491. The molecule has 4 N–H and O–H groups in total. The van der Waals surface area contributed by atoms with E-state index in [1.165, 1.54) is 12.1 Å². The first kappa shape index (κ1) is 17.6. The van der Waals surface area contributed by atoms with Crippen molar-refractivity contribution in [3.8, 4) is 0 Å². The average molecular weight is 313 g/mol. The molecule has 118 valence electrons. The summed E-state index contributed by atoms with van der Waals surface area (Å²) in [4.78, 5) is 12.0. The van der Waals surface area contributed by atoms with Crippen LogP contribution >= 0.6 is 0 Å². The van der Waals surface area contributed by atoms with Gasteiger partial charge in [-0.05, 0) is 36.7 Å². The summed E-state index contributed by atoms with van der Waals surface area (Å²) in [6, 6.07) is 6.08. The van der Waals surface area contributed by atoms with Crippen LogP contribution in [0.25, 0.3) is 0 Å². The number of carbonyl (C=O) groups excluding carboxylic acids is 1. The lowest BCUT2D eigenvalue weighted by molar-refractivity contribution is -0.117. The summed E-state index contributed by atoms with van der Waals surface area (Å²) in [6.45, 7) is 4.51. The Bertz CT molecular complexity index is 551. The summed E-state index contributed by atoms with van der Waals surface area (Å²) in [7, 11) is -3.46. The fraction of sp³-hybridized carbons (Fsp3) is 0.500. The van der Waals surface area contributed by atoms with Gasteiger partial charge in [-0.2, -0.15) is 0 Å². The monoisotopic (exact) mass is 313 g/mol. The largest absolute Gasteiger partial charge is 0.330 e. The smallest absolute Gasteiger partial charge is 0.240 e. The molecule has 21 heavy (non-hydrogen) atoms. The van der Waals surface area contributed by atoms with Crippen LogP contribution in [0.3, 0.4) is 0 Å². The van der Waals surface area contributed by atoms with E-state index in [-0.39, 0.29) is 16.7 Å². The Morgan fingerprint density at radius 2 is 1.86 bits per heavy atom. The molecular formula is C14H23N3O3S. The molecular weight excluding hydrogens is 290 g/mol. The van der Waals surface area contributed by atoms with Crippen molar-refractivity contribution in [2.45, 2.75) is 31.6 Å². The van der Waals surface area contributed by atoms with Crippen LogP contribution in [0.2, 0.25) is 0 Å². The zero-order chi connectivity index (χ0) is 15.9. The van der Waals surface area contributed by atoms with Crippen LogP contribution in [0.1, 0.15) is 26.7 Å². The summed E-state index contributed by atoms with van der Waals surface area (Å²) < 4.78 is 26.0. The van der Waals surface area contributed by atoms with E-state index in [9.17, 15) is 13.2 Å². The van der Waals surface area contributed by atoms with Crippen molar-refractivity contribution in [2.75, 3.05) is 18.4 Å². The van der Waals surface area contributed by atoms with Crippen LogP contribution in [0.4, 0.5) is 5.69 Å². The van der Waals surface area contributed by atoms with E-state index in [1.54, 1.807) is 19.1 Å². The Hall–Kier alpha value is -1.44. The van der Waals surface area contributed by atoms with Gasteiger partial charge < -0.3 is 11.1 Å². The van der Waals surface area contributed by atoms with E-state index in [0.717, 1.165) is 6.42 Å². The van der Waals surface area contributed by atoms with Crippen molar-refractivity contribution >= 4 is 21.6 Å². The predicted octanol–water partition coefficient (Wildman–Crippen LogP) is 1.30. The average Bonchev–Trinajstić information content (AvgIpc) is 2.45. The van der Waals surface area contributed by atoms with Gasteiger partial charge in [0.25, 0.3) is 0 Å². The van der Waals surface area contributed by atoms with Crippen molar-refractivity contribution in [2.24, 2.45) is 11.7 Å². The molecule has 0 aliphatic heterocycles. The fourth-order valence-corrected chi connectivity index (χ4v) is 2.90. The Kier molecular flexibility index (Phi) is 6.80. The van der Waals surface area contributed by atoms with Crippen molar-refractivity contribution in [1.82, 2.24) is 4.72 Å². The highest BCUT2D eigenvalue weighted by atomic mass is 32.2. The van der Waals surface area contributed by atoms with Gasteiger partial charge in [-0.1, -0.05) is 20.3 Å². The number of nitrogens with one attached hydrogen (secondary N) is 2. The molecule has 0 fully saturated rings. The third-order valence-corrected chi connectivity index (χ3v) is 4.73. The summed E-state index contributed by atoms with van der Waals surface area (Å²) >= 11 is 0. The number of hydrogen-bond donors (Lipinski definition) is 3. The first-order valence-corrected chi connectivity index (χ1v) is 8.50. The Labute approximate surface area is 126 Å². The number of sulfonamides is 1. The maximum Gasteiger partial charge on any atom is 0.240 e. The molecule has 0 aromatic heterocycles. The number of anilines is 1. The SMILES string of the molecule is CCNS(=O)(=O)c1ccc(NC(=O)CC(CC)CN)cc1. The van der Waals surface area contributed by atoms with Gasteiger partial charge in [-0.3, -0.25) is 4.79 Å². The molecule has 1 amide bonds. The molecule has 1 rings (SSSR count). The molecule has 0 radical (unpaired) electrons. The highest BCUT2D eigenvalue weighted by Crippen LogP contribution is 2.15. The molecule has 0 bridgehead atoms. The van der Waals surface area contributed by atoms with E-state index in [0.29, 0.717) is 25.2 Å². The van der Waals surface area contributed by atoms with Crippen LogP contribution < -0.4 is 15.8 Å². The van der Waals surface area contributed by atoms with Gasteiger partial charge in [0.05, 0.1) is 4.90 Å². The van der Waals surface area contributed by atoms with Gasteiger partial charge >= 0.3 is 0 Å². The third-order valence-electron chi connectivity index (χ3n) is 3.17. The number of benzene rings is 1. The highest BCUT2D eigenvalue weighted by Gasteiger charge is 2.13. The fourth-order valence-electron chi connectivity index (χ4n) is 1.86. The lowest BCUT2D eigenvalue weighted by Gasteiger charge is -2.12. The zero-order valence-electron chi connectivity index (χ0n) is 12.4. The van der Waals surface area contributed by atoms with E-state index < -0.39 is 10.0 Å². The van der Waals surface area contributed by atoms with E-state index in [2.05, 4.69) is 10.0 Å². The van der Waals surface area contributed by atoms with Gasteiger partial charge in [0.2, 0.25) is 15.9 Å². The first-order chi connectivity index (χ1) is 9.92. The molecule has 0 saturated heterocycles. The molecule has 6 nitrogen and oxygen atoms in total.